The lowest BCUT2D eigenvalue weighted by Crippen LogP contribution is -2.34. The summed E-state index contributed by atoms with van der Waals surface area (Å²) in [5, 5.41) is 3.72. The van der Waals surface area contributed by atoms with Gasteiger partial charge in [0.25, 0.3) is 5.56 Å². The number of rotatable bonds is 2. The normalized spacial score (nSPS) is 19.6. The zero-order valence-corrected chi connectivity index (χ0v) is 18.9. The number of nitrogens with one attached hydrogen (secondary N) is 1. The van der Waals surface area contributed by atoms with E-state index in [2.05, 4.69) is 15.2 Å². The lowest BCUT2D eigenvalue weighted by atomic mass is 9.97. The highest BCUT2D eigenvalue weighted by atomic mass is 19.1. The van der Waals surface area contributed by atoms with E-state index in [0.29, 0.717) is 13.0 Å². The molecule has 0 radical (unpaired) electrons. The van der Waals surface area contributed by atoms with Gasteiger partial charge < -0.3 is 14.8 Å². The highest BCUT2D eigenvalue weighted by molar-refractivity contribution is 5.92. The van der Waals surface area contributed by atoms with Gasteiger partial charge in [-0.05, 0) is 74.5 Å². The number of likely N-dealkylation sites (tertiary alicyclic amines) is 1. The average molecular weight is 449 g/mol. The summed E-state index contributed by atoms with van der Waals surface area (Å²) in [4.78, 5) is 29.7. The summed E-state index contributed by atoms with van der Waals surface area (Å²) in [5.74, 6) is 0.745. The van der Waals surface area contributed by atoms with Crippen molar-refractivity contribution in [3.63, 3.8) is 0 Å². The van der Waals surface area contributed by atoms with Crippen molar-refractivity contribution in [2.75, 3.05) is 25.0 Å². The second kappa shape index (κ2) is 9.06. The van der Waals surface area contributed by atoms with Gasteiger partial charge in [-0.3, -0.25) is 9.59 Å². The van der Waals surface area contributed by atoms with E-state index < -0.39 is 0 Å². The smallest absolute Gasteiger partial charge is 0.251 e. The zero-order valence-electron chi connectivity index (χ0n) is 18.9. The predicted molar refractivity (Wildman–Crippen MR) is 127 cm³/mol. The summed E-state index contributed by atoms with van der Waals surface area (Å²) >= 11 is 0. The van der Waals surface area contributed by atoms with E-state index >= 15 is 0 Å². The minimum Gasteiger partial charge on any atom is -0.310 e. The van der Waals surface area contributed by atoms with Crippen LogP contribution in [0.4, 0.5) is 10.2 Å². The zero-order chi connectivity index (χ0) is 22.9. The number of amides is 1. The molecular formula is C26H29FN4O2. The maximum atomic E-state index is 14.4. The van der Waals surface area contributed by atoms with Crippen molar-refractivity contribution in [2.24, 2.45) is 0 Å². The predicted octanol–water partition coefficient (Wildman–Crippen LogP) is 4.00. The molecule has 2 aromatic heterocycles. The van der Waals surface area contributed by atoms with Gasteiger partial charge in [0.1, 0.15) is 11.6 Å². The molecule has 6 nitrogen and oxygen atoms in total. The molecule has 3 aliphatic heterocycles. The standard InChI is InChI=1S/C17H19FN2O.C9H10N2O/c18-14-6-4-12-5-7-15(21)20-11-13(16(14)17(12)20)10-19-8-2-1-3-9-19;1-6-2-3-7-4-5-8(12)11-9(7)10-6/h4-7,13H,1-3,8-11H2;2-3H,4-5H2,1H3,(H,10,11,12). The van der Waals surface area contributed by atoms with Gasteiger partial charge in [0.05, 0.1) is 5.52 Å². The summed E-state index contributed by atoms with van der Waals surface area (Å²) < 4.78 is 16.1. The third-order valence-electron chi connectivity index (χ3n) is 6.87. The molecule has 5 heterocycles. The van der Waals surface area contributed by atoms with Crippen molar-refractivity contribution in [1.82, 2.24) is 14.5 Å². The van der Waals surface area contributed by atoms with Gasteiger partial charge in [0, 0.05) is 42.8 Å². The number of nitrogens with zero attached hydrogens (tertiary/aromatic N) is 3. The molecule has 1 amide bonds. The van der Waals surface area contributed by atoms with E-state index in [1.807, 2.05) is 19.1 Å². The molecule has 1 N–H and O–H groups in total. The Bertz CT molecular complexity index is 1260. The number of carbonyl (C=O) groups excluding carboxylic acids is 1. The molecular weight excluding hydrogens is 419 g/mol. The fourth-order valence-corrected chi connectivity index (χ4v) is 5.22. The number of anilines is 1. The number of halogens is 1. The van der Waals surface area contributed by atoms with Crippen molar-refractivity contribution in [1.29, 1.82) is 0 Å². The quantitative estimate of drug-likeness (QED) is 0.644. The molecule has 3 aromatic rings. The van der Waals surface area contributed by atoms with E-state index in [-0.39, 0.29) is 23.2 Å². The Morgan fingerprint density at radius 2 is 1.82 bits per heavy atom. The average Bonchev–Trinajstić information content (AvgIpc) is 3.20. The van der Waals surface area contributed by atoms with Crippen LogP contribution in [0.3, 0.4) is 0 Å². The van der Waals surface area contributed by atoms with Crippen LogP contribution in [-0.2, 0) is 17.8 Å². The van der Waals surface area contributed by atoms with Crippen LogP contribution in [0.15, 0.2) is 41.2 Å². The van der Waals surface area contributed by atoms with Crippen LogP contribution in [0.1, 0.15) is 48.4 Å². The van der Waals surface area contributed by atoms with Crippen molar-refractivity contribution in [2.45, 2.75) is 51.5 Å². The van der Waals surface area contributed by atoms with Gasteiger partial charge in [-0.2, -0.15) is 0 Å². The maximum Gasteiger partial charge on any atom is 0.251 e. The van der Waals surface area contributed by atoms with Gasteiger partial charge in [-0.25, -0.2) is 9.37 Å². The summed E-state index contributed by atoms with van der Waals surface area (Å²) in [6, 6.07) is 10.7. The summed E-state index contributed by atoms with van der Waals surface area (Å²) in [7, 11) is 0. The largest absolute Gasteiger partial charge is 0.310 e. The van der Waals surface area contributed by atoms with Crippen molar-refractivity contribution in [3.8, 4) is 0 Å². The molecule has 33 heavy (non-hydrogen) atoms. The molecule has 1 fully saturated rings. The molecule has 7 heteroatoms. The SMILES string of the molecule is Cc1ccc2c(n1)NC(=O)CC2.O=c1ccc2ccc(F)c3c2n1CC3CN1CCCCC1. The molecule has 1 aromatic carbocycles. The van der Waals surface area contributed by atoms with Crippen LogP contribution < -0.4 is 10.9 Å². The second-order valence-electron chi connectivity index (χ2n) is 9.25. The highest BCUT2D eigenvalue weighted by Crippen LogP contribution is 2.35. The lowest BCUT2D eigenvalue weighted by molar-refractivity contribution is -0.116. The highest BCUT2D eigenvalue weighted by Gasteiger charge is 2.30. The van der Waals surface area contributed by atoms with Crippen molar-refractivity contribution >= 4 is 22.6 Å². The minimum absolute atomic E-state index is 0.0181. The first kappa shape index (κ1) is 21.8. The first-order valence-electron chi connectivity index (χ1n) is 11.8. The topological polar surface area (TPSA) is 67.2 Å². The summed E-state index contributed by atoms with van der Waals surface area (Å²) in [5.41, 5.74) is 3.62. The molecule has 3 aliphatic rings. The van der Waals surface area contributed by atoms with E-state index in [0.717, 1.165) is 59.6 Å². The van der Waals surface area contributed by atoms with Crippen LogP contribution in [0.2, 0.25) is 0 Å². The number of aromatic nitrogens is 2. The molecule has 0 bridgehead atoms. The van der Waals surface area contributed by atoms with Crippen LogP contribution in [0, 0.1) is 12.7 Å². The monoisotopic (exact) mass is 448 g/mol. The van der Waals surface area contributed by atoms with Gasteiger partial charge in [0.15, 0.2) is 0 Å². The van der Waals surface area contributed by atoms with Crippen LogP contribution in [0.5, 0.6) is 0 Å². The van der Waals surface area contributed by atoms with Gasteiger partial charge in [-0.1, -0.05) is 12.5 Å². The first-order chi connectivity index (χ1) is 16.0. The van der Waals surface area contributed by atoms with E-state index in [1.54, 1.807) is 28.8 Å². The van der Waals surface area contributed by atoms with E-state index in [9.17, 15) is 14.0 Å². The van der Waals surface area contributed by atoms with Gasteiger partial charge in [0.2, 0.25) is 5.91 Å². The molecule has 6 rings (SSSR count). The van der Waals surface area contributed by atoms with Gasteiger partial charge >= 0.3 is 0 Å². The fraction of sp³-hybridized carbons (Fsp3) is 0.423. The molecule has 1 saturated heterocycles. The Morgan fingerprint density at radius 1 is 1.03 bits per heavy atom. The van der Waals surface area contributed by atoms with Gasteiger partial charge in [-0.15, -0.1) is 0 Å². The second-order valence-corrected chi connectivity index (χ2v) is 9.25. The lowest BCUT2D eigenvalue weighted by Gasteiger charge is -2.29. The number of aryl methyl sites for hydroxylation is 2. The number of hydrogen-bond acceptors (Lipinski definition) is 4. The Labute approximate surface area is 192 Å². The molecule has 0 spiro atoms. The third kappa shape index (κ3) is 4.42. The Morgan fingerprint density at radius 3 is 2.64 bits per heavy atom. The Balaban J connectivity index is 0.000000162. The molecule has 1 atom stereocenters. The fourth-order valence-electron chi connectivity index (χ4n) is 5.22. The molecule has 172 valence electrons. The first-order valence-corrected chi connectivity index (χ1v) is 11.8. The van der Waals surface area contributed by atoms with E-state index in [1.165, 1.54) is 19.3 Å². The van der Waals surface area contributed by atoms with Crippen molar-refractivity contribution < 1.29 is 9.18 Å². The number of pyridine rings is 2. The number of benzene rings is 1. The third-order valence-corrected chi connectivity index (χ3v) is 6.87. The number of piperidine rings is 1. The number of carbonyl (C=O) groups is 1. The number of hydrogen-bond donors (Lipinski definition) is 1. The van der Waals surface area contributed by atoms with Crippen LogP contribution >= 0.6 is 0 Å². The van der Waals surface area contributed by atoms with Crippen molar-refractivity contribution in [3.05, 3.63) is 69.4 Å². The Kier molecular flexibility index (Phi) is 5.98. The maximum absolute atomic E-state index is 14.4. The van der Waals surface area contributed by atoms with Crippen LogP contribution in [-0.4, -0.2) is 40.0 Å². The number of fused-ring (bicyclic) bond motifs is 1. The van der Waals surface area contributed by atoms with Crippen LogP contribution in [0.25, 0.3) is 10.9 Å². The summed E-state index contributed by atoms with van der Waals surface area (Å²) in [6.45, 7) is 5.58. The van der Waals surface area contributed by atoms with E-state index in [4.69, 9.17) is 0 Å². The molecule has 0 saturated carbocycles. The Hall–Kier alpha value is -3.06. The minimum atomic E-state index is -0.165. The molecule has 0 aliphatic carbocycles. The summed E-state index contributed by atoms with van der Waals surface area (Å²) in [6.07, 6.45) is 5.15. The molecule has 1 unspecified atom stereocenters.